The standard InChI is InChI=1S/C8H10O.Ru.2H/c1-2-9-8-6-4-3-5-7-8;;;/h3-7H,2H2,1H3;;;. The summed E-state index contributed by atoms with van der Waals surface area (Å²) in [5.74, 6) is 0.944. The molecule has 2 heteroatoms. The third-order valence-corrected chi connectivity index (χ3v) is 1.05. The second-order valence-electron chi connectivity index (χ2n) is 1.75. The first kappa shape index (κ1) is 9.64. The van der Waals surface area contributed by atoms with Crippen LogP contribution in [0.25, 0.3) is 0 Å². The molecule has 0 N–H and O–H groups in total. The van der Waals surface area contributed by atoms with Crippen molar-refractivity contribution in [3.8, 4) is 5.75 Å². The molecule has 0 radical (unpaired) electrons. The van der Waals surface area contributed by atoms with Crippen LogP contribution in [0.4, 0.5) is 0 Å². The van der Waals surface area contributed by atoms with Gasteiger partial charge in [-0.25, -0.2) is 0 Å². The molecular formula is C8H12ORu. The summed E-state index contributed by atoms with van der Waals surface area (Å²) >= 11 is 0. The molecule has 0 bridgehead atoms. The van der Waals surface area contributed by atoms with E-state index >= 15 is 0 Å². The van der Waals surface area contributed by atoms with Crippen molar-refractivity contribution in [1.82, 2.24) is 0 Å². The van der Waals surface area contributed by atoms with Crippen molar-refractivity contribution in [3.63, 3.8) is 0 Å². The Kier molecular flexibility index (Phi) is 5.24. The second kappa shape index (κ2) is 5.43. The van der Waals surface area contributed by atoms with Gasteiger partial charge in [-0.15, -0.1) is 0 Å². The number of hydrogen-bond acceptors (Lipinski definition) is 1. The van der Waals surface area contributed by atoms with E-state index in [0.29, 0.717) is 0 Å². The van der Waals surface area contributed by atoms with Crippen LogP contribution in [0.1, 0.15) is 6.92 Å². The van der Waals surface area contributed by atoms with Crippen LogP contribution in [0.3, 0.4) is 0 Å². The van der Waals surface area contributed by atoms with Crippen LogP contribution in [0.5, 0.6) is 5.75 Å². The average Bonchev–Trinajstić information content (AvgIpc) is 1.91. The van der Waals surface area contributed by atoms with Crippen molar-refractivity contribution in [3.05, 3.63) is 30.3 Å². The Balaban J connectivity index is 0.000000810. The zero-order valence-electron chi connectivity index (χ0n) is 5.91. The summed E-state index contributed by atoms with van der Waals surface area (Å²) < 4.78 is 5.21. The summed E-state index contributed by atoms with van der Waals surface area (Å²) in [5.41, 5.74) is 0. The van der Waals surface area contributed by atoms with Crippen molar-refractivity contribution in [2.45, 2.75) is 6.92 Å². The minimum absolute atomic E-state index is 0. The van der Waals surface area contributed by atoms with Gasteiger partial charge in [-0.2, -0.15) is 0 Å². The van der Waals surface area contributed by atoms with Crippen molar-refractivity contribution in [2.75, 3.05) is 6.61 Å². The van der Waals surface area contributed by atoms with E-state index in [0.717, 1.165) is 12.4 Å². The molecule has 0 heterocycles. The van der Waals surface area contributed by atoms with E-state index in [1.54, 1.807) is 0 Å². The molecule has 0 atom stereocenters. The van der Waals surface area contributed by atoms with Crippen LogP contribution in [-0.4, -0.2) is 6.61 Å². The van der Waals surface area contributed by atoms with E-state index in [1.807, 2.05) is 37.3 Å². The summed E-state index contributed by atoms with van der Waals surface area (Å²) in [6, 6.07) is 9.80. The van der Waals surface area contributed by atoms with Gasteiger partial charge in [-0.1, -0.05) is 18.2 Å². The van der Waals surface area contributed by atoms with E-state index in [2.05, 4.69) is 0 Å². The summed E-state index contributed by atoms with van der Waals surface area (Å²) in [6.07, 6.45) is 0. The quantitative estimate of drug-likeness (QED) is 0.694. The first-order valence-corrected chi connectivity index (χ1v) is 3.11. The van der Waals surface area contributed by atoms with Gasteiger partial charge < -0.3 is 4.74 Å². The number of hydrogen-bond donors (Lipinski definition) is 0. The topological polar surface area (TPSA) is 9.23 Å². The van der Waals surface area contributed by atoms with Crippen LogP contribution in [-0.2, 0) is 19.5 Å². The Bertz CT molecular complexity index is 162. The predicted molar refractivity (Wildman–Crippen MR) is 40.4 cm³/mol. The van der Waals surface area contributed by atoms with Gasteiger partial charge in [0.1, 0.15) is 5.75 Å². The summed E-state index contributed by atoms with van der Waals surface area (Å²) in [5, 5.41) is 0. The normalized spacial score (nSPS) is 8.10. The molecule has 1 aromatic rings. The zero-order chi connectivity index (χ0) is 6.53. The maximum atomic E-state index is 5.21. The van der Waals surface area contributed by atoms with Gasteiger partial charge in [-0.3, -0.25) is 0 Å². The number of benzene rings is 1. The van der Waals surface area contributed by atoms with E-state index in [9.17, 15) is 0 Å². The molecule has 0 aromatic heterocycles. The number of rotatable bonds is 2. The fourth-order valence-electron chi connectivity index (χ4n) is 0.683. The van der Waals surface area contributed by atoms with E-state index in [-0.39, 0.29) is 19.5 Å². The first-order chi connectivity index (χ1) is 4.43. The van der Waals surface area contributed by atoms with Gasteiger partial charge in [0.25, 0.3) is 0 Å². The molecule has 0 amide bonds. The van der Waals surface area contributed by atoms with Gasteiger partial charge in [0.05, 0.1) is 6.61 Å². The molecule has 0 saturated heterocycles. The molecule has 1 rings (SSSR count). The Morgan fingerprint density at radius 1 is 1.20 bits per heavy atom. The summed E-state index contributed by atoms with van der Waals surface area (Å²) in [4.78, 5) is 0. The van der Waals surface area contributed by atoms with Crippen molar-refractivity contribution in [2.24, 2.45) is 0 Å². The zero-order valence-corrected chi connectivity index (χ0v) is 7.92. The third-order valence-electron chi connectivity index (χ3n) is 1.05. The molecule has 0 fully saturated rings. The van der Waals surface area contributed by atoms with E-state index in [4.69, 9.17) is 4.74 Å². The van der Waals surface area contributed by atoms with Gasteiger partial charge in [0.2, 0.25) is 0 Å². The average molecular weight is 225 g/mol. The van der Waals surface area contributed by atoms with E-state index in [1.165, 1.54) is 0 Å². The van der Waals surface area contributed by atoms with Crippen LogP contribution >= 0.6 is 0 Å². The molecule has 10 heavy (non-hydrogen) atoms. The molecule has 1 nitrogen and oxygen atoms in total. The van der Waals surface area contributed by atoms with Gasteiger partial charge in [0.15, 0.2) is 0 Å². The Hall–Kier alpha value is -0.357. The third kappa shape index (κ3) is 2.98. The molecule has 1 aromatic carbocycles. The van der Waals surface area contributed by atoms with Crippen LogP contribution in [0.2, 0.25) is 0 Å². The summed E-state index contributed by atoms with van der Waals surface area (Å²) in [6.45, 7) is 2.72. The van der Waals surface area contributed by atoms with Gasteiger partial charge >= 0.3 is 19.5 Å². The molecule has 58 valence electrons. The Labute approximate surface area is 74.2 Å². The summed E-state index contributed by atoms with van der Waals surface area (Å²) in [7, 11) is 0. The number of para-hydroxylation sites is 1. The van der Waals surface area contributed by atoms with Crippen LogP contribution in [0, 0.1) is 0 Å². The Morgan fingerprint density at radius 3 is 2.30 bits per heavy atom. The Morgan fingerprint density at radius 2 is 1.80 bits per heavy atom. The van der Waals surface area contributed by atoms with Crippen LogP contribution in [0.15, 0.2) is 30.3 Å². The van der Waals surface area contributed by atoms with Crippen LogP contribution < -0.4 is 4.74 Å². The maximum absolute atomic E-state index is 5.21. The fourth-order valence-corrected chi connectivity index (χ4v) is 0.683. The monoisotopic (exact) mass is 226 g/mol. The molecule has 0 aliphatic rings. The van der Waals surface area contributed by atoms with Gasteiger partial charge in [-0.05, 0) is 19.1 Å². The molecule has 0 aliphatic carbocycles. The SMILES string of the molecule is CCOc1ccccc1.[RuH2]. The van der Waals surface area contributed by atoms with Crippen molar-refractivity contribution >= 4 is 0 Å². The van der Waals surface area contributed by atoms with E-state index < -0.39 is 0 Å². The first-order valence-electron chi connectivity index (χ1n) is 3.11. The molecule has 0 aliphatic heterocycles. The predicted octanol–water partition coefficient (Wildman–Crippen LogP) is 1.55. The minimum atomic E-state index is 0. The van der Waals surface area contributed by atoms with Crippen molar-refractivity contribution < 1.29 is 24.2 Å². The molecule has 0 saturated carbocycles. The fraction of sp³-hybridized carbons (Fsp3) is 0.250. The van der Waals surface area contributed by atoms with Gasteiger partial charge in [0, 0.05) is 0 Å². The molecule has 0 spiro atoms. The number of ether oxygens (including phenoxy) is 1. The molecular weight excluding hydrogens is 213 g/mol. The molecule has 0 unspecified atom stereocenters. The second-order valence-corrected chi connectivity index (χ2v) is 1.75. The van der Waals surface area contributed by atoms with Crippen molar-refractivity contribution in [1.29, 1.82) is 0 Å².